The summed E-state index contributed by atoms with van der Waals surface area (Å²) in [7, 11) is 0. The number of likely N-dealkylation sites (tertiary alicyclic amines) is 1. The van der Waals surface area contributed by atoms with Crippen LogP contribution in [0.25, 0.3) is 0 Å². The molecule has 0 spiro atoms. The molecule has 120 valence electrons. The first-order valence-electron chi connectivity index (χ1n) is 7.86. The summed E-state index contributed by atoms with van der Waals surface area (Å²) in [6.07, 6.45) is 3.89. The maximum absolute atomic E-state index is 8.90. The van der Waals surface area contributed by atoms with Gasteiger partial charge in [-0.3, -0.25) is 4.90 Å². The van der Waals surface area contributed by atoms with Crippen molar-refractivity contribution >= 4 is 0 Å². The van der Waals surface area contributed by atoms with E-state index >= 15 is 0 Å². The van der Waals surface area contributed by atoms with Gasteiger partial charge < -0.3 is 9.26 Å². The molecule has 6 nitrogen and oxygen atoms in total. The highest BCUT2D eigenvalue weighted by molar-refractivity contribution is 5.31. The van der Waals surface area contributed by atoms with Crippen LogP contribution in [-0.2, 0) is 6.54 Å². The summed E-state index contributed by atoms with van der Waals surface area (Å²) < 4.78 is 11.1. The molecule has 1 atom stereocenters. The van der Waals surface area contributed by atoms with Crippen LogP contribution in [0.3, 0.4) is 0 Å². The molecule has 1 aliphatic heterocycles. The molecule has 3 heterocycles. The molecule has 1 aliphatic rings. The molecule has 1 saturated heterocycles. The number of nitriles is 1. The molecule has 1 fully saturated rings. The van der Waals surface area contributed by atoms with Gasteiger partial charge in [0.05, 0.1) is 30.5 Å². The molecule has 2 aromatic rings. The van der Waals surface area contributed by atoms with Crippen LogP contribution in [0.4, 0.5) is 0 Å². The Morgan fingerprint density at radius 1 is 1.48 bits per heavy atom. The molecule has 0 saturated carbocycles. The quantitative estimate of drug-likeness (QED) is 0.844. The zero-order valence-electron chi connectivity index (χ0n) is 13.2. The van der Waals surface area contributed by atoms with Crippen LogP contribution in [0.5, 0.6) is 5.88 Å². The predicted octanol–water partition coefficient (Wildman–Crippen LogP) is 2.54. The second kappa shape index (κ2) is 7.25. The number of aromatic nitrogens is 2. The molecule has 3 rings (SSSR count). The number of nitrogens with zero attached hydrogens (tertiary/aromatic N) is 4. The lowest BCUT2D eigenvalue weighted by Gasteiger charge is -2.31. The minimum absolute atomic E-state index is 0.459. The summed E-state index contributed by atoms with van der Waals surface area (Å²) in [6.45, 7) is 5.38. The van der Waals surface area contributed by atoms with Crippen molar-refractivity contribution in [3.8, 4) is 11.9 Å². The minimum atomic E-state index is 0.459. The Labute approximate surface area is 135 Å². The number of ether oxygens (including phenoxy) is 1. The third-order valence-electron chi connectivity index (χ3n) is 3.99. The molecule has 1 unspecified atom stereocenters. The van der Waals surface area contributed by atoms with Gasteiger partial charge in [-0.05, 0) is 32.4 Å². The zero-order chi connectivity index (χ0) is 16.1. The van der Waals surface area contributed by atoms with E-state index in [-0.39, 0.29) is 0 Å². The van der Waals surface area contributed by atoms with Crippen molar-refractivity contribution in [3.63, 3.8) is 0 Å². The van der Waals surface area contributed by atoms with E-state index in [2.05, 4.69) is 21.1 Å². The lowest BCUT2D eigenvalue weighted by molar-refractivity contribution is 0.115. The fourth-order valence-corrected chi connectivity index (χ4v) is 2.90. The van der Waals surface area contributed by atoms with E-state index < -0.39 is 0 Å². The van der Waals surface area contributed by atoms with Gasteiger partial charge >= 0.3 is 0 Å². The van der Waals surface area contributed by atoms with E-state index in [0.717, 1.165) is 43.9 Å². The number of hydrogen-bond acceptors (Lipinski definition) is 6. The Morgan fingerprint density at radius 2 is 2.39 bits per heavy atom. The van der Waals surface area contributed by atoms with Crippen LogP contribution >= 0.6 is 0 Å². The van der Waals surface area contributed by atoms with Crippen LogP contribution in [0, 0.1) is 24.2 Å². The van der Waals surface area contributed by atoms with E-state index in [1.807, 2.05) is 13.0 Å². The van der Waals surface area contributed by atoms with Crippen LogP contribution in [0.2, 0.25) is 0 Å². The highest BCUT2D eigenvalue weighted by Crippen LogP contribution is 2.20. The average molecular weight is 312 g/mol. The monoisotopic (exact) mass is 312 g/mol. The summed E-state index contributed by atoms with van der Waals surface area (Å²) in [5.74, 6) is 1.89. The largest absolute Gasteiger partial charge is 0.477 e. The Bertz CT molecular complexity index is 692. The standard InChI is InChI=1S/C17H20N4O2/c1-13-7-16(23-20-13)11-21-6-2-3-15(10-21)12-22-17-8-14(9-18)4-5-19-17/h4-5,7-8,15H,2-3,6,10-12H2,1H3. The van der Waals surface area contributed by atoms with Gasteiger partial charge in [-0.25, -0.2) is 4.98 Å². The number of aryl methyl sites for hydroxylation is 1. The highest BCUT2D eigenvalue weighted by atomic mass is 16.5. The first-order chi connectivity index (χ1) is 11.2. The van der Waals surface area contributed by atoms with Crippen molar-refractivity contribution in [1.29, 1.82) is 5.26 Å². The van der Waals surface area contributed by atoms with Crippen molar-refractivity contribution in [2.45, 2.75) is 26.3 Å². The van der Waals surface area contributed by atoms with Gasteiger partial charge in [0, 0.05) is 30.8 Å². The smallest absolute Gasteiger partial charge is 0.214 e. The summed E-state index contributed by atoms with van der Waals surface area (Å²) in [5, 5.41) is 12.8. The topological polar surface area (TPSA) is 75.2 Å². The lowest BCUT2D eigenvalue weighted by atomic mass is 9.99. The molecule has 23 heavy (non-hydrogen) atoms. The van der Waals surface area contributed by atoms with E-state index in [4.69, 9.17) is 14.5 Å². The summed E-state index contributed by atoms with van der Waals surface area (Å²) in [4.78, 5) is 6.52. The normalized spacial score (nSPS) is 18.5. The van der Waals surface area contributed by atoms with Gasteiger partial charge in [-0.2, -0.15) is 5.26 Å². The molecule has 0 radical (unpaired) electrons. The Morgan fingerprint density at radius 3 is 3.17 bits per heavy atom. The second-order valence-electron chi connectivity index (χ2n) is 5.98. The van der Waals surface area contributed by atoms with Gasteiger partial charge in [0.25, 0.3) is 0 Å². The molecule has 0 bridgehead atoms. The molecule has 0 aliphatic carbocycles. The molecular weight excluding hydrogens is 292 g/mol. The lowest BCUT2D eigenvalue weighted by Crippen LogP contribution is -2.37. The van der Waals surface area contributed by atoms with Crippen LogP contribution in [0.15, 0.2) is 28.9 Å². The maximum atomic E-state index is 8.90. The molecule has 0 N–H and O–H groups in total. The fraction of sp³-hybridized carbons (Fsp3) is 0.471. The Balaban J connectivity index is 1.51. The summed E-state index contributed by atoms with van der Waals surface area (Å²) in [5.41, 5.74) is 1.49. The minimum Gasteiger partial charge on any atom is -0.477 e. The number of pyridine rings is 1. The van der Waals surface area contributed by atoms with Crippen molar-refractivity contribution < 1.29 is 9.26 Å². The van der Waals surface area contributed by atoms with E-state index in [1.54, 1.807) is 18.3 Å². The van der Waals surface area contributed by atoms with Crippen LogP contribution in [0.1, 0.15) is 29.9 Å². The van der Waals surface area contributed by atoms with E-state index in [1.165, 1.54) is 0 Å². The SMILES string of the molecule is Cc1cc(CN2CCCC(COc3cc(C#N)ccn3)C2)on1. The third-order valence-corrected chi connectivity index (χ3v) is 3.99. The molecule has 6 heteroatoms. The van der Waals surface area contributed by atoms with E-state index in [0.29, 0.717) is 24.0 Å². The fourth-order valence-electron chi connectivity index (χ4n) is 2.90. The van der Waals surface area contributed by atoms with Gasteiger partial charge in [0.2, 0.25) is 5.88 Å². The third kappa shape index (κ3) is 4.30. The molecular formula is C17H20N4O2. The predicted molar refractivity (Wildman–Crippen MR) is 83.7 cm³/mol. The Hall–Kier alpha value is -2.39. The van der Waals surface area contributed by atoms with Crippen LogP contribution in [-0.4, -0.2) is 34.7 Å². The summed E-state index contributed by atoms with van der Waals surface area (Å²) >= 11 is 0. The van der Waals surface area contributed by atoms with Crippen molar-refractivity contribution in [2.75, 3.05) is 19.7 Å². The number of piperidine rings is 1. The molecule has 0 aromatic carbocycles. The first-order valence-corrected chi connectivity index (χ1v) is 7.86. The van der Waals surface area contributed by atoms with Gasteiger partial charge in [0.15, 0.2) is 5.76 Å². The average Bonchev–Trinajstić information content (AvgIpc) is 2.98. The van der Waals surface area contributed by atoms with Crippen molar-refractivity contribution in [1.82, 2.24) is 15.0 Å². The van der Waals surface area contributed by atoms with Crippen LogP contribution < -0.4 is 4.74 Å². The molecule has 0 amide bonds. The van der Waals surface area contributed by atoms with Crippen molar-refractivity contribution in [2.24, 2.45) is 5.92 Å². The maximum Gasteiger partial charge on any atom is 0.214 e. The van der Waals surface area contributed by atoms with Gasteiger partial charge in [-0.15, -0.1) is 0 Å². The first kappa shape index (κ1) is 15.5. The second-order valence-corrected chi connectivity index (χ2v) is 5.98. The summed E-state index contributed by atoms with van der Waals surface area (Å²) in [6, 6.07) is 7.43. The Kier molecular flexibility index (Phi) is 4.89. The van der Waals surface area contributed by atoms with Crippen molar-refractivity contribution in [3.05, 3.63) is 41.4 Å². The van der Waals surface area contributed by atoms with E-state index in [9.17, 15) is 0 Å². The molecule has 2 aromatic heterocycles. The zero-order valence-corrected chi connectivity index (χ0v) is 13.2. The number of rotatable bonds is 5. The highest BCUT2D eigenvalue weighted by Gasteiger charge is 2.21. The number of hydrogen-bond donors (Lipinski definition) is 0. The van der Waals surface area contributed by atoms with Gasteiger partial charge in [-0.1, -0.05) is 5.16 Å². The van der Waals surface area contributed by atoms with Gasteiger partial charge in [0.1, 0.15) is 0 Å².